The SMILES string of the molecule is CN=C(NCCCS(=O)(=O)c1ccccc1)N1CCOC(c2ccccc2C)C1. The molecule has 2 aromatic rings. The van der Waals surface area contributed by atoms with Crippen LogP contribution in [0.2, 0.25) is 0 Å². The largest absolute Gasteiger partial charge is 0.370 e. The maximum atomic E-state index is 12.4. The summed E-state index contributed by atoms with van der Waals surface area (Å²) in [6.07, 6.45) is 0.517. The molecule has 0 saturated carbocycles. The van der Waals surface area contributed by atoms with Crippen LogP contribution in [0.1, 0.15) is 23.7 Å². The molecule has 7 heteroatoms. The van der Waals surface area contributed by atoms with Gasteiger partial charge in [-0.2, -0.15) is 0 Å². The summed E-state index contributed by atoms with van der Waals surface area (Å²) >= 11 is 0. The van der Waals surface area contributed by atoms with Crippen molar-refractivity contribution in [2.45, 2.75) is 24.3 Å². The summed E-state index contributed by atoms with van der Waals surface area (Å²) in [5.74, 6) is 0.889. The Bertz CT molecular complexity index is 929. The van der Waals surface area contributed by atoms with Crippen molar-refractivity contribution in [1.29, 1.82) is 0 Å². The molecule has 0 spiro atoms. The summed E-state index contributed by atoms with van der Waals surface area (Å²) in [6.45, 7) is 4.74. The first-order valence-corrected chi connectivity index (χ1v) is 11.6. The van der Waals surface area contributed by atoms with Gasteiger partial charge in [-0.25, -0.2) is 8.42 Å². The Morgan fingerprint density at radius 2 is 1.90 bits per heavy atom. The first kappa shape index (κ1) is 21.3. The van der Waals surface area contributed by atoms with E-state index in [0.717, 1.165) is 12.5 Å². The van der Waals surface area contributed by atoms with Gasteiger partial charge >= 0.3 is 0 Å². The number of nitrogens with one attached hydrogen (secondary N) is 1. The van der Waals surface area contributed by atoms with Gasteiger partial charge in [0.1, 0.15) is 6.10 Å². The number of ether oxygens (including phenoxy) is 1. The van der Waals surface area contributed by atoms with Crippen LogP contribution in [0.5, 0.6) is 0 Å². The van der Waals surface area contributed by atoms with Crippen LogP contribution in [0.3, 0.4) is 0 Å². The van der Waals surface area contributed by atoms with E-state index in [-0.39, 0.29) is 11.9 Å². The van der Waals surface area contributed by atoms with Crippen molar-refractivity contribution in [3.05, 3.63) is 65.7 Å². The van der Waals surface area contributed by atoms with E-state index in [1.807, 2.05) is 18.2 Å². The van der Waals surface area contributed by atoms with Crippen LogP contribution < -0.4 is 5.32 Å². The second kappa shape index (κ2) is 9.89. The predicted octanol–water partition coefficient (Wildman–Crippen LogP) is 2.81. The molecular formula is C22H29N3O3S. The molecule has 1 saturated heterocycles. The van der Waals surface area contributed by atoms with Crippen molar-refractivity contribution in [2.75, 3.05) is 39.0 Å². The van der Waals surface area contributed by atoms with Crippen LogP contribution in [0.25, 0.3) is 0 Å². The third-order valence-corrected chi connectivity index (χ3v) is 6.90. The second-order valence-electron chi connectivity index (χ2n) is 7.12. The Balaban J connectivity index is 1.53. The molecule has 1 atom stereocenters. The molecule has 0 aromatic heterocycles. The predicted molar refractivity (Wildman–Crippen MR) is 116 cm³/mol. The first-order chi connectivity index (χ1) is 14.0. The molecule has 1 aliphatic rings. The van der Waals surface area contributed by atoms with E-state index in [9.17, 15) is 8.42 Å². The lowest BCUT2D eigenvalue weighted by Crippen LogP contribution is -2.48. The summed E-state index contributed by atoms with van der Waals surface area (Å²) in [5, 5.41) is 3.31. The standard InChI is InChI=1S/C22H29N3O3S/c1-18-9-6-7-12-20(18)21-17-25(14-15-28-21)22(23-2)24-13-8-16-29(26,27)19-10-4-3-5-11-19/h3-7,9-12,21H,8,13-17H2,1-2H3,(H,23,24). The molecule has 1 unspecified atom stereocenters. The normalized spacial score (nSPS) is 17.9. The quantitative estimate of drug-likeness (QED) is 0.446. The minimum atomic E-state index is -3.25. The summed E-state index contributed by atoms with van der Waals surface area (Å²) in [5.41, 5.74) is 2.41. The number of aryl methyl sites for hydroxylation is 1. The number of guanidine groups is 1. The number of morpholine rings is 1. The molecule has 0 amide bonds. The summed E-state index contributed by atoms with van der Waals surface area (Å²) in [4.78, 5) is 6.93. The minimum Gasteiger partial charge on any atom is -0.370 e. The molecule has 1 aliphatic heterocycles. The summed E-state index contributed by atoms with van der Waals surface area (Å²) in [7, 11) is -1.50. The number of benzene rings is 2. The van der Waals surface area contributed by atoms with Crippen molar-refractivity contribution in [1.82, 2.24) is 10.2 Å². The third-order valence-electron chi connectivity index (χ3n) is 5.09. The van der Waals surface area contributed by atoms with E-state index in [2.05, 4.69) is 34.3 Å². The van der Waals surface area contributed by atoms with Gasteiger partial charge in [0.25, 0.3) is 0 Å². The number of rotatable bonds is 6. The fourth-order valence-electron chi connectivity index (χ4n) is 3.52. The van der Waals surface area contributed by atoms with Crippen LogP contribution >= 0.6 is 0 Å². The van der Waals surface area contributed by atoms with Gasteiger partial charge in [0, 0.05) is 20.1 Å². The van der Waals surface area contributed by atoms with Crippen molar-refractivity contribution >= 4 is 15.8 Å². The van der Waals surface area contributed by atoms with Crippen LogP contribution in [0.4, 0.5) is 0 Å². The maximum Gasteiger partial charge on any atom is 0.193 e. The van der Waals surface area contributed by atoms with Gasteiger partial charge in [-0.05, 0) is 36.6 Å². The number of hydrogen-bond acceptors (Lipinski definition) is 4. The topological polar surface area (TPSA) is 71.0 Å². The van der Waals surface area contributed by atoms with Gasteiger partial charge in [0.2, 0.25) is 0 Å². The molecule has 2 aromatic carbocycles. The molecule has 0 bridgehead atoms. The summed E-state index contributed by atoms with van der Waals surface area (Å²) in [6, 6.07) is 16.9. The van der Waals surface area contributed by atoms with E-state index in [1.165, 1.54) is 11.1 Å². The molecule has 156 valence electrons. The molecule has 1 heterocycles. The van der Waals surface area contributed by atoms with E-state index < -0.39 is 9.84 Å². The van der Waals surface area contributed by atoms with Crippen LogP contribution in [-0.2, 0) is 14.6 Å². The van der Waals surface area contributed by atoms with Crippen LogP contribution in [0, 0.1) is 6.92 Å². The van der Waals surface area contributed by atoms with Crippen molar-refractivity contribution < 1.29 is 13.2 Å². The van der Waals surface area contributed by atoms with Gasteiger partial charge in [-0.15, -0.1) is 0 Å². The lowest BCUT2D eigenvalue weighted by atomic mass is 10.0. The molecule has 1 fully saturated rings. The Morgan fingerprint density at radius 3 is 2.62 bits per heavy atom. The molecule has 3 rings (SSSR count). The second-order valence-corrected chi connectivity index (χ2v) is 9.23. The zero-order valence-corrected chi connectivity index (χ0v) is 17.9. The number of hydrogen-bond donors (Lipinski definition) is 1. The lowest BCUT2D eigenvalue weighted by Gasteiger charge is -2.35. The van der Waals surface area contributed by atoms with Gasteiger partial charge in [-0.1, -0.05) is 42.5 Å². The highest BCUT2D eigenvalue weighted by Crippen LogP contribution is 2.25. The van der Waals surface area contributed by atoms with Crippen molar-refractivity contribution in [3.63, 3.8) is 0 Å². The van der Waals surface area contributed by atoms with Gasteiger partial charge in [0.15, 0.2) is 15.8 Å². The van der Waals surface area contributed by atoms with Gasteiger partial charge in [-0.3, -0.25) is 4.99 Å². The first-order valence-electron chi connectivity index (χ1n) is 9.92. The molecule has 6 nitrogen and oxygen atoms in total. The minimum absolute atomic E-state index is 0.00181. The number of sulfone groups is 1. The zero-order valence-electron chi connectivity index (χ0n) is 17.0. The summed E-state index contributed by atoms with van der Waals surface area (Å²) < 4.78 is 30.8. The third kappa shape index (κ3) is 5.58. The Labute approximate surface area is 173 Å². The van der Waals surface area contributed by atoms with E-state index >= 15 is 0 Å². The molecule has 0 aliphatic carbocycles. The van der Waals surface area contributed by atoms with Crippen molar-refractivity contribution in [3.8, 4) is 0 Å². The molecule has 29 heavy (non-hydrogen) atoms. The Kier molecular flexibility index (Phi) is 7.28. The fourth-order valence-corrected chi connectivity index (χ4v) is 4.85. The molecular weight excluding hydrogens is 386 g/mol. The van der Waals surface area contributed by atoms with E-state index in [4.69, 9.17) is 4.74 Å². The number of nitrogens with zero attached hydrogens (tertiary/aromatic N) is 2. The Hall–Kier alpha value is -2.38. The molecule has 0 radical (unpaired) electrons. The Morgan fingerprint density at radius 1 is 1.17 bits per heavy atom. The highest BCUT2D eigenvalue weighted by molar-refractivity contribution is 7.91. The average molecular weight is 416 g/mol. The van der Waals surface area contributed by atoms with E-state index in [1.54, 1.807) is 31.3 Å². The van der Waals surface area contributed by atoms with Crippen LogP contribution in [-0.4, -0.2) is 58.3 Å². The smallest absolute Gasteiger partial charge is 0.193 e. The molecule has 1 N–H and O–H groups in total. The van der Waals surface area contributed by atoms with E-state index in [0.29, 0.717) is 31.0 Å². The fraction of sp³-hybridized carbons (Fsp3) is 0.409. The highest BCUT2D eigenvalue weighted by Gasteiger charge is 2.25. The lowest BCUT2D eigenvalue weighted by molar-refractivity contribution is -0.00829. The highest BCUT2D eigenvalue weighted by atomic mass is 32.2. The van der Waals surface area contributed by atoms with Crippen LogP contribution in [0.15, 0.2) is 64.5 Å². The monoisotopic (exact) mass is 415 g/mol. The number of aliphatic imine (C=N–C) groups is 1. The van der Waals surface area contributed by atoms with Gasteiger partial charge in [0.05, 0.1) is 23.8 Å². The van der Waals surface area contributed by atoms with Crippen molar-refractivity contribution in [2.24, 2.45) is 4.99 Å². The zero-order chi connectivity index (χ0) is 20.7. The maximum absolute atomic E-state index is 12.4. The van der Waals surface area contributed by atoms with Gasteiger partial charge < -0.3 is 15.0 Å². The average Bonchev–Trinajstić information content (AvgIpc) is 2.75.